The van der Waals surface area contributed by atoms with Crippen LogP contribution < -0.4 is 23.0 Å². The van der Waals surface area contributed by atoms with Crippen molar-refractivity contribution in [2.45, 2.75) is 0 Å². The van der Waals surface area contributed by atoms with Gasteiger partial charge in [-0.1, -0.05) is 3.89 Å². The van der Waals surface area contributed by atoms with Crippen LogP contribution in [0, 0.1) is 0 Å². The van der Waals surface area contributed by atoms with Gasteiger partial charge in [0.15, 0.2) is 0 Å². The summed E-state index contributed by atoms with van der Waals surface area (Å²) in [5.74, 6) is 0. The van der Waals surface area contributed by atoms with E-state index in [-0.39, 0.29) is 18.9 Å². The summed E-state index contributed by atoms with van der Waals surface area (Å²) >= 11 is -28.4. The second kappa shape index (κ2) is 20.8. The van der Waals surface area contributed by atoms with Gasteiger partial charge in [-0.15, -0.1) is 0 Å². The van der Waals surface area contributed by atoms with Gasteiger partial charge >= 0.3 is 180 Å². The first-order valence-electron chi connectivity index (χ1n) is 4.41. The Morgan fingerprint density at radius 1 is 0.548 bits per heavy atom. The molecule has 0 aliphatic carbocycles. The van der Waals surface area contributed by atoms with Crippen molar-refractivity contribution in [3.8, 4) is 0 Å². The number of rotatable bonds is 0. The molecule has 31 heavy (non-hydrogen) atoms. The van der Waals surface area contributed by atoms with Crippen LogP contribution in [0.2, 0.25) is 0 Å². The van der Waals surface area contributed by atoms with E-state index in [9.17, 15) is 21.2 Å². The van der Waals surface area contributed by atoms with Gasteiger partial charge in [-0.05, 0) is 0 Å². The summed E-state index contributed by atoms with van der Waals surface area (Å²) in [7, 11) is -5.17. The minimum absolute atomic E-state index is 0. The molecule has 0 rings (SSSR count). The van der Waals surface area contributed by atoms with E-state index in [0.29, 0.717) is 0 Å². The van der Waals surface area contributed by atoms with E-state index in [1.807, 2.05) is 0 Å². The van der Waals surface area contributed by atoms with Crippen molar-refractivity contribution in [1.29, 1.82) is 0 Å². The zero-order chi connectivity index (χ0) is 27.0. The number of hydrogen-bond donors (Lipinski definition) is 10. The van der Waals surface area contributed by atoms with Crippen LogP contribution in [-0.2, 0) is 29.2 Å². The van der Waals surface area contributed by atoms with Crippen molar-refractivity contribution in [2.24, 2.45) is 0 Å². The summed E-state index contributed by atoms with van der Waals surface area (Å²) in [6.07, 6.45) is 0. The molecule has 0 radical (unpaired) electrons. The van der Waals surface area contributed by atoms with E-state index >= 15 is 0 Å². The molecule has 0 aromatic heterocycles. The SMILES string of the molecule is O=S(=O)(O)F.O=[As](O)(O)F.O=[As](O)(O)F.O=[As](O)(O)F.O=[As](O)(O)F.O=[As]([O-])(O)F.[Li+]. The Balaban J connectivity index is -0.0000000443. The van der Waals surface area contributed by atoms with Gasteiger partial charge in [0.1, 0.15) is 0 Å². The van der Waals surface area contributed by atoms with E-state index in [0.717, 1.165) is 0 Å². The third kappa shape index (κ3) is 12500. The normalized spacial score (nSPS) is 12.9. The van der Waals surface area contributed by atoms with Crippen LogP contribution in [0.25, 0.3) is 0 Å². The monoisotopic (exact) mass is 826 g/mol. The number of hydrogen-bond acceptors (Lipinski definition) is 8. The molecule has 10 N–H and O–H groups in total. The first-order chi connectivity index (χ1) is 12.0. The van der Waals surface area contributed by atoms with Gasteiger partial charge in [0.25, 0.3) is 0 Å². The molecule has 0 amide bonds. The van der Waals surface area contributed by atoms with Gasteiger partial charge < -0.3 is 0 Å². The zero-order valence-electron chi connectivity index (χ0n) is 13.7. The fraction of sp³-hybridized carbons (Fsp3) is 0. The molecule has 0 heterocycles. The van der Waals surface area contributed by atoms with Crippen LogP contribution in [0.4, 0.5) is 21.2 Å². The molecule has 0 aliphatic rings. The molecule has 0 aromatic carbocycles. The molecular weight excluding hydrogens is 816 g/mol. The summed E-state index contributed by atoms with van der Waals surface area (Å²) in [6.45, 7) is 0. The molecule has 0 saturated carbocycles. The average Bonchev–Trinajstić information content (AvgIpc) is 1.94. The summed E-state index contributed by atoms with van der Waals surface area (Å²) in [5, 5.41) is 0. The molecule has 0 aliphatic heterocycles. The largest absolute Gasteiger partial charge is 1.00 e. The Hall–Kier alpha value is 1.48. The van der Waals surface area contributed by atoms with Crippen LogP contribution in [0.1, 0.15) is 0 Å². The van der Waals surface area contributed by atoms with Gasteiger partial charge in [-0.3, -0.25) is 4.55 Å². The molecule has 0 spiro atoms. The first kappa shape index (κ1) is 49.6. The maximum absolute atomic E-state index is 10.4. The van der Waals surface area contributed by atoms with Crippen molar-refractivity contribution >= 4 is 83.7 Å². The Morgan fingerprint density at radius 3 is 0.548 bits per heavy atom. The fourth-order valence-corrected chi connectivity index (χ4v) is 0. The molecule has 18 nitrogen and oxygen atoms in total. The van der Waals surface area contributed by atoms with Crippen molar-refractivity contribution in [3.63, 3.8) is 0 Å². The summed E-state index contributed by atoms with van der Waals surface area (Å²) in [6, 6.07) is 0. The molecule has 0 aromatic rings. The maximum atomic E-state index is 10.4. The quantitative estimate of drug-likeness (QED) is 0.0469. The standard InChI is InChI=1S/5AsFH2O3.FHO3S.Li/c5*2-1(3,4)5;1-5(2,3)4;/h5*(H2,3,4,5);(H,2,3,4);/q;;;;;;+1/p-1. The Bertz CT molecular complexity index is 583. The molecule has 0 bridgehead atoms. The predicted molar refractivity (Wildman–Crippen MR) is 70.4 cm³/mol. The van der Waals surface area contributed by atoms with Crippen molar-refractivity contribution < 1.29 is 113 Å². The van der Waals surface area contributed by atoms with Gasteiger partial charge in [0.05, 0.1) is 0 Å². The molecule has 192 valence electrons. The zero-order valence-corrected chi connectivity index (χ0v) is 23.8. The van der Waals surface area contributed by atoms with Crippen LogP contribution in [0.3, 0.4) is 0 Å². The molecule has 0 saturated heterocycles. The topological polar surface area (TPSA) is 345 Å². The second-order valence-corrected chi connectivity index (χ2v) is 13.4. The maximum Gasteiger partial charge on any atom is 1.00 e. The molecule has 1 unspecified atom stereocenters. The molecule has 31 heteroatoms. The van der Waals surface area contributed by atoms with Crippen LogP contribution in [0.5, 0.6) is 0 Å². The second-order valence-electron chi connectivity index (χ2n) is 2.76. The molecule has 1 atom stereocenters. The fourth-order valence-electron chi connectivity index (χ4n) is 0. The Morgan fingerprint density at radius 2 is 0.548 bits per heavy atom. The van der Waals surface area contributed by atoms with Gasteiger partial charge in [0.2, 0.25) is 0 Å². The van der Waals surface area contributed by atoms with Crippen molar-refractivity contribution in [3.05, 3.63) is 0 Å². The Labute approximate surface area is 195 Å². The summed E-state index contributed by atoms with van der Waals surface area (Å²) in [4.78, 5) is 0. The van der Waals surface area contributed by atoms with Crippen LogP contribution in [-0.4, -0.2) is 123 Å². The van der Waals surface area contributed by atoms with Gasteiger partial charge in [0, 0.05) is 0 Å². The Kier molecular flexibility index (Phi) is 33.3. The van der Waals surface area contributed by atoms with Crippen molar-refractivity contribution in [2.75, 3.05) is 0 Å². The van der Waals surface area contributed by atoms with Crippen molar-refractivity contribution in [1.82, 2.24) is 0 Å². The van der Waals surface area contributed by atoms with E-state index < -0.39 is 83.7 Å². The van der Waals surface area contributed by atoms with E-state index in [1.165, 1.54) is 0 Å². The molecular formula is H10As5F6LiO18S. The summed E-state index contributed by atoms with van der Waals surface area (Å²) < 4.78 is 201. The van der Waals surface area contributed by atoms with E-state index in [4.69, 9.17) is 72.6 Å². The van der Waals surface area contributed by atoms with Gasteiger partial charge in [-0.2, -0.15) is 8.42 Å². The third-order valence-electron chi connectivity index (χ3n) is 0. The first-order valence-corrected chi connectivity index (χ1v) is 21.4. The van der Waals surface area contributed by atoms with Gasteiger partial charge in [-0.25, -0.2) is 0 Å². The smallest absolute Gasteiger partial charge is 1.00 e. The van der Waals surface area contributed by atoms with E-state index in [1.54, 1.807) is 0 Å². The average molecular weight is 826 g/mol. The van der Waals surface area contributed by atoms with Crippen LogP contribution >= 0.6 is 0 Å². The third-order valence-corrected chi connectivity index (χ3v) is 0. The minimum Gasteiger partial charge on any atom is 1.00 e. The van der Waals surface area contributed by atoms with Crippen LogP contribution in [0.15, 0.2) is 0 Å². The number of halogens is 6. The minimum atomic E-state index is -5.88. The predicted octanol–water partition coefficient (Wildman–Crippen LogP) is -9.84. The summed E-state index contributed by atoms with van der Waals surface area (Å²) in [5.41, 5.74) is 0. The van der Waals surface area contributed by atoms with E-state index in [2.05, 4.69) is 0 Å². The molecule has 0 fully saturated rings.